The molecule has 1 atom stereocenters. The molecule has 1 unspecified atom stereocenters. The van der Waals surface area contributed by atoms with Crippen LogP contribution in [0.4, 0.5) is 13.2 Å². The number of sulfonamides is 1. The Morgan fingerprint density at radius 1 is 1.48 bits per heavy atom. The zero-order chi connectivity index (χ0) is 15.8. The van der Waals surface area contributed by atoms with Crippen LogP contribution in [0.25, 0.3) is 0 Å². The molecule has 2 heterocycles. The number of aromatic nitrogens is 2. The summed E-state index contributed by atoms with van der Waals surface area (Å²) in [5.74, 6) is -9.01. The molecule has 1 N–H and O–H groups in total. The molecule has 0 bridgehead atoms. The Bertz CT molecular complexity index is 663. The lowest BCUT2D eigenvalue weighted by Gasteiger charge is -2.18. The summed E-state index contributed by atoms with van der Waals surface area (Å²) in [6.45, 7) is -2.13. The first-order valence-corrected chi connectivity index (χ1v) is 7.64. The van der Waals surface area contributed by atoms with E-state index in [0.717, 1.165) is 5.51 Å². The van der Waals surface area contributed by atoms with Crippen molar-refractivity contribution in [1.29, 1.82) is 0 Å². The fraction of sp³-hybridized carbons (Fsp3) is 0.500. The normalized spacial score (nSPS) is 20.3. The fourth-order valence-corrected chi connectivity index (χ4v) is 3.28. The molecule has 1 saturated heterocycles. The van der Waals surface area contributed by atoms with Gasteiger partial charge in [0.2, 0.25) is 10.2 Å². The van der Waals surface area contributed by atoms with E-state index < -0.39 is 51.1 Å². The molecule has 13 heteroatoms. The van der Waals surface area contributed by atoms with Gasteiger partial charge in [-0.25, -0.2) is 21.6 Å². The highest BCUT2D eigenvalue weighted by Gasteiger charge is 2.54. The molecular weight excluding hydrogens is 337 g/mol. The molecule has 1 aliphatic heterocycles. The van der Waals surface area contributed by atoms with Gasteiger partial charge in [0.25, 0.3) is 21.9 Å². The number of amides is 2. The zero-order valence-corrected chi connectivity index (χ0v) is 11.6. The number of rotatable bonds is 5. The minimum absolute atomic E-state index is 0.0645. The quantitative estimate of drug-likeness (QED) is 0.735. The molecule has 8 nitrogen and oxygen atoms in total. The molecular formula is C8H7F3N4O4S2. The molecule has 2 rings (SSSR count). The fourth-order valence-electron chi connectivity index (χ4n) is 1.59. The number of halogens is 3. The molecule has 1 aliphatic rings. The number of hydrogen-bond acceptors (Lipinski definition) is 7. The van der Waals surface area contributed by atoms with Gasteiger partial charge in [-0.15, -0.1) is 15.0 Å². The maximum absolute atomic E-state index is 13.2. The smallest absolute Gasteiger partial charge is 0.273 e. The summed E-state index contributed by atoms with van der Waals surface area (Å²) in [5.41, 5.74) is 1.09. The Morgan fingerprint density at radius 3 is 2.67 bits per heavy atom. The molecule has 1 aromatic heterocycles. The lowest BCUT2D eigenvalue weighted by Crippen LogP contribution is -2.47. The first-order chi connectivity index (χ1) is 9.69. The number of alkyl halides is 3. The highest BCUT2D eigenvalue weighted by molar-refractivity contribution is 7.91. The summed E-state index contributed by atoms with van der Waals surface area (Å²) in [5, 5.41) is 6.42. The molecule has 1 aromatic rings. The van der Waals surface area contributed by atoms with Crippen molar-refractivity contribution in [1.82, 2.24) is 20.0 Å². The van der Waals surface area contributed by atoms with Crippen LogP contribution in [0.5, 0.6) is 0 Å². The first kappa shape index (κ1) is 15.8. The van der Waals surface area contributed by atoms with Crippen LogP contribution in [-0.4, -0.2) is 48.0 Å². The van der Waals surface area contributed by atoms with Crippen LogP contribution in [0, 0.1) is 5.92 Å². The second-order valence-electron chi connectivity index (χ2n) is 4.02. The molecule has 21 heavy (non-hydrogen) atoms. The van der Waals surface area contributed by atoms with E-state index in [0.29, 0.717) is 11.3 Å². The molecule has 1 fully saturated rings. The van der Waals surface area contributed by atoms with Gasteiger partial charge in [-0.3, -0.25) is 9.59 Å². The van der Waals surface area contributed by atoms with E-state index in [1.807, 2.05) is 0 Å². The van der Waals surface area contributed by atoms with Gasteiger partial charge in [0, 0.05) is 6.42 Å². The summed E-state index contributed by atoms with van der Waals surface area (Å²) in [7, 11) is -4.40. The first-order valence-electron chi connectivity index (χ1n) is 5.28. The molecule has 0 spiro atoms. The van der Waals surface area contributed by atoms with Crippen LogP contribution in [0.3, 0.4) is 0 Å². The zero-order valence-electron chi connectivity index (χ0n) is 9.99. The van der Waals surface area contributed by atoms with Crippen molar-refractivity contribution in [3.05, 3.63) is 5.51 Å². The van der Waals surface area contributed by atoms with Gasteiger partial charge in [-0.05, 0) is 0 Å². The summed E-state index contributed by atoms with van der Waals surface area (Å²) in [6, 6.07) is 0. The standard InChI is InChI=1S/C8H7F3N4O4S2/c9-2-8(10,11)4-1-5(16)15(6(4)17)14-21(18,19)7-13-12-3-20-7/h3-4,14H,1-2H2. The summed E-state index contributed by atoms with van der Waals surface area (Å²) >= 11 is 0.596. The Balaban J connectivity index is 2.23. The third-order valence-corrected chi connectivity index (χ3v) is 5.01. The Morgan fingerprint density at radius 2 is 2.14 bits per heavy atom. The van der Waals surface area contributed by atoms with E-state index in [9.17, 15) is 31.2 Å². The van der Waals surface area contributed by atoms with Crippen molar-refractivity contribution < 1.29 is 31.2 Å². The Kier molecular flexibility index (Phi) is 3.99. The van der Waals surface area contributed by atoms with Crippen molar-refractivity contribution in [3.8, 4) is 0 Å². The van der Waals surface area contributed by atoms with Gasteiger partial charge in [0.1, 0.15) is 11.4 Å². The maximum Gasteiger partial charge on any atom is 0.287 e. The van der Waals surface area contributed by atoms with E-state index in [1.165, 1.54) is 0 Å². The van der Waals surface area contributed by atoms with Gasteiger partial charge in [0.05, 0.1) is 0 Å². The summed E-state index contributed by atoms with van der Waals surface area (Å²) in [6.07, 6.45) is -0.992. The van der Waals surface area contributed by atoms with E-state index in [1.54, 1.807) is 4.83 Å². The summed E-state index contributed by atoms with van der Waals surface area (Å²) < 4.78 is 61.6. The monoisotopic (exact) mass is 344 g/mol. The molecule has 0 saturated carbocycles. The number of imide groups is 1. The lowest BCUT2D eigenvalue weighted by molar-refractivity contribution is -0.148. The minimum atomic E-state index is -4.40. The van der Waals surface area contributed by atoms with Gasteiger partial charge in [-0.2, -0.15) is 5.01 Å². The van der Waals surface area contributed by atoms with Crippen molar-refractivity contribution >= 4 is 33.2 Å². The van der Waals surface area contributed by atoms with Gasteiger partial charge in [0.15, 0.2) is 6.67 Å². The van der Waals surface area contributed by atoms with Crippen LogP contribution >= 0.6 is 11.3 Å². The molecule has 0 aromatic carbocycles. The van der Waals surface area contributed by atoms with E-state index in [2.05, 4.69) is 10.2 Å². The predicted octanol–water partition coefficient (Wildman–Crippen LogP) is -0.289. The van der Waals surface area contributed by atoms with E-state index in [4.69, 9.17) is 0 Å². The van der Waals surface area contributed by atoms with Crippen LogP contribution < -0.4 is 4.83 Å². The third kappa shape index (κ3) is 2.89. The van der Waals surface area contributed by atoms with E-state index in [-0.39, 0.29) is 5.01 Å². The van der Waals surface area contributed by atoms with E-state index >= 15 is 0 Å². The molecule has 0 aliphatic carbocycles. The van der Waals surface area contributed by atoms with Gasteiger partial charge < -0.3 is 0 Å². The van der Waals surface area contributed by atoms with Crippen molar-refractivity contribution in [2.24, 2.45) is 5.92 Å². The number of nitrogens with zero attached hydrogens (tertiary/aromatic N) is 3. The number of hydrazine groups is 1. The van der Waals surface area contributed by atoms with Crippen molar-refractivity contribution in [2.75, 3.05) is 6.67 Å². The minimum Gasteiger partial charge on any atom is -0.273 e. The molecule has 116 valence electrons. The highest BCUT2D eigenvalue weighted by atomic mass is 32.2. The predicted molar refractivity (Wildman–Crippen MR) is 61.1 cm³/mol. The second-order valence-corrected chi connectivity index (χ2v) is 6.69. The Labute approximate surface area is 120 Å². The third-order valence-electron chi connectivity index (χ3n) is 2.62. The highest BCUT2D eigenvalue weighted by Crippen LogP contribution is 2.34. The molecule has 0 radical (unpaired) electrons. The number of carbonyl (C=O) groups is 2. The Hall–Kier alpha value is -1.60. The van der Waals surface area contributed by atoms with Crippen LogP contribution in [0.2, 0.25) is 0 Å². The summed E-state index contributed by atoms with van der Waals surface area (Å²) in [4.78, 5) is 24.7. The average Bonchev–Trinajstić information content (AvgIpc) is 3.03. The van der Waals surface area contributed by atoms with Crippen LogP contribution in [0.15, 0.2) is 9.85 Å². The van der Waals surface area contributed by atoms with Crippen molar-refractivity contribution in [2.45, 2.75) is 16.7 Å². The van der Waals surface area contributed by atoms with Crippen molar-refractivity contribution in [3.63, 3.8) is 0 Å². The maximum atomic E-state index is 13.2. The lowest BCUT2D eigenvalue weighted by atomic mass is 10.0. The largest absolute Gasteiger partial charge is 0.287 e. The number of carbonyl (C=O) groups excluding carboxylic acids is 2. The van der Waals surface area contributed by atoms with Crippen LogP contribution in [-0.2, 0) is 19.6 Å². The molecule has 2 amide bonds. The van der Waals surface area contributed by atoms with Gasteiger partial charge in [-0.1, -0.05) is 11.3 Å². The second kappa shape index (κ2) is 5.31. The number of hydrogen-bond donors (Lipinski definition) is 1. The van der Waals surface area contributed by atoms with Crippen LogP contribution in [0.1, 0.15) is 6.42 Å². The SMILES string of the molecule is O=C1CC(C(F)(F)CF)C(=O)N1NS(=O)(=O)c1nncs1. The topological polar surface area (TPSA) is 109 Å². The average molecular weight is 344 g/mol. The van der Waals surface area contributed by atoms with Gasteiger partial charge >= 0.3 is 0 Å². The number of nitrogens with one attached hydrogen (secondary N) is 1.